The van der Waals surface area contributed by atoms with E-state index in [1.807, 2.05) is 0 Å². The third kappa shape index (κ3) is 1.07. The van der Waals surface area contributed by atoms with Gasteiger partial charge in [-0.3, -0.25) is 0 Å². The highest BCUT2D eigenvalue weighted by atomic mass is 19.2. The molecule has 1 radical (unpaired) electrons. The van der Waals surface area contributed by atoms with Crippen molar-refractivity contribution >= 4 is 0 Å². The van der Waals surface area contributed by atoms with Crippen LogP contribution in [0.2, 0.25) is 0 Å². The van der Waals surface area contributed by atoms with E-state index in [1.165, 1.54) is 13.0 Å². The largest absolute Gasteiger partial charge is 0.204 e. The maximum absolute atomic E-state index is 12.3. The van der Waals surface area contributed by atoms with Crippen LogP contribution in [0.5, 0.6) is 0 Å². The highest BCUT2D eigenvalue weighted by molar-refractivity contribution is 5.15. The highest BCUT2D eigenvalue weighted by Crippen LogP contribution is 2.07. The summed E-state index contributed by atoms with van der Waals surface area (Å²) in [4.78, 5) is 0. The fraction of sp³-hybridized carbons (Fsp3) is 0.143. The van der Waals surface area contributed by atoms with Crippen molar-refractivity contribution in [3.63, 3.8) is 0 Å². The quantitative estimate of drug-likeness (QED) is 0.500. The van der Waals surface area contributed by atoms with Gasteiger partial charge in [0.1, 0.15) is 0 Å². The summed E-state index contributed by atoms with van der Waals surface area (Å²) in [5, 5.41) is 0. The molecule has 0 N–H and O–H groups in total. The molecule has 9 heavy (non-hydrogen) atoms. The molecular formula is C7H5F2. The number of hydrogen-bond acceptors (Lipinski definition) is 0. The van der Waals surface area contributed by atoms with Crippen LogP contribution >= 0.6 is 0 Å². The van der Waals surface area contributed by atoms with Gasteiger partial charge in [0.2, 0.25) is 0 Å². The second kappa shape index (κ2) is 2.13. The predicted molar refractivity (Wildman–Crippen MR) is 29.9 cm³/mol. The number of rotatable bonds is 0. The van der Waals surface area contributed by atoms with Crippen LogP contribution in [0.3, 0.4) is 0 Å². The van der Waals surface area contributed by atoms with E-state index >= 15 is 0 Å². The van der Waals surface area contributed by atoms with Crippen molar-refractivity contribution in [2.45, 2.75) is 6.92 Å². The second-order valence-electron chi connectivity index (χ2n) is 1.76. The molecule has 0 amide bonds. The molecule has 47 valence electrons. The van der Waals surface area contributed by atoms with E-state index in [9.17, 15) is 8.78 Å². The number of benzene rings is 1. The minimum Gasteiger partial charge on any atom is -0.204 e. The van der Waals surface area contributed by atoms with Gasteiger partial charge in [0.05, 0.1) is 0 Å². The van der Waals surface area contributed by atoms with Gasteiger partial charge in [0.25, 0.3) is 0 Å². The molecule has 1 rings (SSSR count). The number of halogens is 2. The van der Waals surface area contributed by atoms with Crippen LogP contribution in [0, 0.1) is 24.6 Å². The van der Waals surface area contributed by atoms with Crippen molar-refractivity contribution in [3.05, 3.63) is 35.4 Å². The summed E-state index contributed by atoms with van der Waals surface area (Å²) in [6.07, 6.45) is 0. The number of aryl methyl sites for hydroxylation is 1. The zero-order chi connectivity index (χ0) is 6.85. The minimum atomic E-state index is -0.814. The molecular weight excluding hydrogens is 122 g/mol. The molecule has 0 bridgehead atoms. The molecule has 0 fully saturated rings. The topological polar surface area (TPSA) is 0 Å². The Kier molecular flexibility index (Phi) is 1.47. The predicted octanol–water partition coefficient (Wildman–Crippen LogP) is 2.07. The minimum absolute atomic E-state index is 0.218. The Bertz CT molecular complexity index is 198. The fourth-order valence-electron chi connectivity index (χ4n) is 0.555. The van der Waals surface area contributed by atoms with Gasteiger partial charge in [-0.1, -0.05) is 6.07 Å². The average Bonchev–Trinajstić information content (AvgIpc) is 1.83. The van der Waals surface area contributed by atoms with E-state index in [1.54, 1.807) is 0 Å². The van der Waals surface area contributed by atoms with E-state index in [0.29, 0.717) is 0 Å². The molecule has 0 saturated heterocycles. The lowest BCUT2D eigenvalue weighted by Gasteiger charge is -1.92. The summed E-state index contributed by atoms with van der Waals surface area (Å²) in [5.74, 6) is -1.62. The molecule has 0 unspecified atom stereocenters. The molecule has 0 aliphatic heterocycles. The Labute approximate surface area is 52.1 Å². The van der Waals surface area contributed by atoms with Crippen LogP contribution in [0.15, 0.2) is 12.1 Å². The third-order valence-corrected chi connectivity index (χ3v) is 1.07. The summed E-state index contributed by atoms with van der Waals surface area (Å²) in [6.45, 7) is 1.47. The van der Waals surface area contributed by atoms with E-state index < -0.39 is 11.6 Å². The van der Waals surface area contributed by atoms with Crippen LogP contribution in [0.1, 0.15) is 5.56 Å². The van der Waals surface area contributed by atoms with Crippen LogP contribution in [0.4, 0.5) is 8.78 Å². The molecule has 0 nitrogen and oxygen atoms in total. The summed E-state index contributed by atoms with van der Waals surface area (Å²) in [6, 6.07) is 4.92. The van der Waals surface area contributed by atoms with Crippen molar-refractivity contribution in [3.8, 4) is 0 Å². The van der Waals surface area contributed by atoms with Crippen LogP contribution in [-0.2, 0) is 0 Å². The first-order chi connectivity index (χ1) is 4.22. The summed E-state index contributed by atoms with van der Waals surface area (Å²) in [7, 11) is 0. The molecule has 0 atom stereocenters. The summed E-state index contributed by atoms with van der Waals surface area (Å²) in [5.41, 5.74) is 0.218. The van der Waals surface area contributed by atoms with E-state index in [0.717, 1.165) is 6.07 Å². The van der Waals surface area contributed by atoms with Crippen LogP contribution in [-0.4, -0.2) is 0 Å². The first-order valence-electron chi connectivity index (χ1n) is 2.54. The molecule has 0 heterocycles. The molecule has 1 aromatic rings. The molecule has 1 aromatic carbocycles. The molecule has 0 aliphatic carbocycles. The van der Waals surface area contributed by atoms with Crippen molar-refractivity contribution in [2.75, 3.05) is 0 Å². The van der Waals surface area contributed by atoms with Crippen molar-refractivity contribution in [1.82, 2.24) is 0 Å². The SMILES string of the molecule is Cc1[c]ccc(F)c1F. The Morgan fingerprint density at radius 3 is 2.56 bits per heavy atom. The normalized spacial score (nSPS) is 9.67. The van der Waals surface area contributed by atoms with Gasteiger partial charge >= 0.3 is 0 Å². The lowest BCUT2D eigenvalue weighted by Crippen LogP contribution is -1.86. The van der Waals surface area contributed by atoms with Crippen LogP contribution < -0.4 is 0 Å². The van der Waals surface area contributed by atoms with Gasteiger partial charge in [-0.15, -0.1) is 0 Å². The molecule has 0 aliphatic rings. The van der Waals surface area contributed by atoms with Crippen molar-refractivity contribution < 1.29 is 8.78 Å². The van der Waals surface area contributed by atoms with Crippen molar-refractivity contribution in [2.24, 2.45) is 0 Å². The fourth-order valence-corrected chi connectivity index (χ4v) is 0.555. The highest BCUT2D eigenvalue weighted by Gasteiger charge is 2.01. The maximum Gasteiger partial charge on any atom is 0.162 e. The number of hydrogen-bond donors (Lipinski definition) is 0. The smallest absolute Gasteiger partial charge is 0.162 e. The van der Waals surface area contributed by atoms with E-state index in [-0.39, 0.29) is 5.56 Å². The Hall–Kier alpha value is -0.920. The van der Waals surface area contributed by atoms with Gasteiger partial charge < -0.3 is 0 Å². The molecule has 0 aromatic heterocycles. The molecule has 2 heteroatoms. The molecule has 0 spiro atoms. The first-order valence-corrected chi connectivity index (χ1v) is 2.54. The zero-order valence-corrected chi connectivity index (χ0v) is 4.91. The summed E-state index contributed by atoms with van der Waals surface area (Å²) < 4.78 is 24.5. The van der Waals surface area contributed by atoms with Gasteiger partial charge in [-0.05, 0) is 24.6 Å². The van der Waals surface area contributed by atoms with Gasteiger partial charge in [0, 0.05) is 0 Å². The summed E-state index contributed by atoms with van der Waals surface area (Å²) >= 11 is 0. The van der Waals surface area contributed by atoms with Gasteiger partial charge in [-0.25, -0.2) is 8.78 Å². The Morgan fingerprint density at radius 1 is 1.44 bits per heavy atom. The standard InChI is InChI=1S/C7H5F2/c1-5-3-2-4-6(8)7(5)9/h2,4H,1H3. The Balaban J connectivity index is 3.25. The van der Waals surface area contributed by atoms with Crippen LogP contribution in [0.25, 0.3) is 0 Å². The molecule has 0 saturated carbocycles. The third-order valence-electron chi connectivity index (χ3n) is 1.07. The first kappa shape index (κ1) is 6.20. The van der Waals surface area contributed by atoms with E-state index in [4.69, 9.17) is 0 Å². The average molecular weight is 127 g/mol. The second-order valence-corrected chi connectivity index (χ2v) is 1.76. The maximum atomic E-state index is 12.3. The van der Waals surface area contributed by atoms with Gasteiger partial charge in [0.15, 0.2) is 11.6 Å². The monoisotopic (exact) mass is 127 g/mol. The Morgan fingerprint density at radius 2 is 2.11 bits per heavy atom. The van der Waals surface area contributed by atoms with Gasteiger partial charge in [-0.2, -0.15) is 0 Å². The lowest BCUT2D eigenvalue weighted by atomic mass is 10.2. The van der Waals surface area contributed by atoms with E-state index in [2.05, 4.69) is 6.07 Å². The van der Waals surface area contributed by atoms with Crippen molar-refractivity contribution in [1.29, 1.82) is 0 Å². The zero-order valence-electron chi connectivity index (χ0n) is 4.91. The lowest BCUT2D eigenvalue weighted by molar-refractivity contribution is 0.503.